The van der Waals surface area contributed by atoms with Crippen LogP contribution in [0.1, 0.15) is 6.42 Å². The normalized spacial score (nSPS) is 10.5. The summed E-state index contributed by atoms with van der Waals surface area (Å²) in [5.41, 5.74) is 6.39. The minimum absolute atomic E-state index is 0.626. The van der Waals surface area contributed by atoms with E-state index in [1.165, 1.54) is 0 Å². The number of benzene rings is 1. The first-order valence-electron chi connectivity index (χ1n) is 5.43. The van der Waals surface area contributed by atoms with E-state index in [-0.39, 0.29) is 0 Å². The first-order valence-corrected chi connectivity index (χ1v) is 6.22. The van der Waals surface area contributed by atoms with Crippen LogP contribution in [0.4, 0.5) is 0 Å². The number of halogens is 1. The van der Waals surface area contributed by atoms with Crippen molar-refractivity contribution in [2.24, 2.45) is 5.73 Å². The summed E-state index contributed by atoms with van der Waals surface area (Å²) in [6, 6.07) is 7.93. The van der Waals surface area contributed by atoms with Gasteiger partial charge in [-0.05, 0) is 31.2 Å². The Morgan fingerprint density at radius 3 is 3.06 bits per heavy atom. The molecule has 17 heavy (non-hydrogen) atoms. The van der Waals surface area contributed by atoms with Crippen LogP contribution in [-0.2, 0) is 0 Å². The Morgan fingerprint density at radius 1 is 1.41 bits per heavy atom. The predicted molar refractivity (Wildman–Crippen MR) is 70.4 cm³/mol. The number of aromatic nitrogens is 2. The van der Waals surface area contributed by atoms with E-state index in [0.717, 1.165) is 22.3 Å². The van der Waals surface area contributed by atoms with Gasteiger partial charge in [-0.3, -0.25) is 0 Å². The standard InChI is InChI=1S/C12H14BrN3O/c13-10-3-1-4-11(7-10)16-9-12(8-15-16)17-6-2-5-14/h1,3-4,7-9H,2,5-6,14H2. The molecule has 4 nitrogen and oxygen atoms in total. The number of rotatable bonds is 5. The summed E-state index contributed by atoms with van der Waals surface area (Å²) in [7, 11) is 0. The number of nitrogens with two attached hydrogens (primary N) is 1. The molecule has 2 aromatic rings. The van der Waals surface area contributed by atoms with E-state index in [1.54, 1.807) is 10.9 Å². The van der Waals surface area contributed by atoms with Crippen molar-refractivity contribution in [2.75, 3.05) is 13.2 Å². The van der Waals surface area contributed by atoms with Crippen molar-refractivity contribution in [1.29, 1.82) is 0 Å². The molecular weight excluding hydrogens is 282 g/mol. The Balaban J connectivity index is 2.07. The molecule has 2 N–H and O–H groups in total. The molecule has 0 saturated carbocycles. The summed E-state index contributed by atoms with van der Waals surface area (Å²) >= 11 is 3.43. The fourth-order valence-electron chi connectivity index (χ4n) is 1.41. The number of nitrogens with zero attached hydrogens (tertiary/aromatic N) is 2. The average Bonchev–Trinajstić information content (AvgIpc) is 2.78. The van der Waals surface area contributed by atoms with Gasteiger partial charge in [0.2, 0.25) is 0 Å². The molecule has 0 spiro atoms. The lowest BCUT2D eigenvalue weighted by molar-refractivity contribution is 0.313. The maximum absolute atomic E-state index is 5.50. The zero-order valence-electron chi connectivity index (χ0n) is 9.34. The predicted octanol–water partition coefficient (Wildman–Crippen LogP) is 2.36. The first-order chi connectivity index (χ1) is 8.29. The van der Waals surface area contributed by atoms with Crippen molar-refractivity contribution in [2.45, 2.75) is 6.42 Å². The highest BCUT2D eigenvalue weighted by Crippen LogP contribution is 2.17. The van der Waals surface area contributed by atoms with E-state index < -0.39 is 0 Å². The number of hydrogen-bond donors (Lipinski definition) is 1. The zero-order valence-corrected chi connectivity index (χ0v) is 10.9. The summed E-state index contributed by atoms with van der Waals surface area (Å²) in [5.74, 6) is 0.762. The number of ether oxygens (including phenoxy) is 1. The van der Waals surface area contributed by atoms with Gasteiger partial charge in [0.25, 0.3) is 0 Å². The molecule has 0 atom stereocenters. The summed E-state index contributed by atoms with van der Waals surface area (Å²) in [6.45, 7) is 1.26. The highest BCUT2D eigenvalue weighted by Gasteiger charge is 2.01. The highest BCUT2D eigenvalue weighted by molar-refractivity contribution is 9.10. The summed E-state index contributed by atoms with van der Waals surface area (Å²) < 4.78 is 8.31. The van der Waals surface area contributed by atoms with E-state index in [0.29, 0.717) is 13.2 Å². The SMILES string of the molecule is NCCCOc1cnn(-c2cccc(Br)c2)c1. The molecule has 90 valence electrons. The van der Waals surface area contributed by atoms with Crippen LogP contribution in [0.25, 0.3) is 5.69 Å². The minimum Gasteiger partial charge on any atom is -0.490 e. The summed E-state index contributed by atoms with van der Waals surface area (Å²) in [5, 5.41) is 4.25. The van der Waals surface area contributed by atoms with Gasteiger partial charge >= 0.3 is 0 Å². The van der Waals surface area contributed by atoms with Gasteiger partial charge in [-0.15, -0.1) is 0 Å². The van der Waals surface area contributed by atoms with E-state index in [1.807, 2.05) is 30.5 Å². The Morgan fingerprint density at radius 2 is 2.29 bits per heavy atom. The molecule has 0 radical (unpaired) electrons. The smallest absolute Gasteiger partial charge is 0.157 e. The third-order valence-electron chi connectivity index (χ3n) is 2.25. The molecule has 0 aliphatic carbocycles. The summed E-state index contributed by atoms with van der Waals surface area (Å²) in [4.78, 5) is 0. The van der Waals surface area contributed by atoms with Crippen molar-refractivity contribution >= 4 is 15.9 Å². The lowest BCUT2D eigenvalue weighted by Gasteiger charge is -2.02. The lowest BCUT2D eigenvalue weighted by Crippen LogP contribution is -2.05. The molecule has 1 aromatic carbocycles. The van der Waals surface area contributed by atoms with Crippen molar-refractivity contribution in [3.63, 3.8) is 0 Å². The largest absolute Gasteiger partial charge is 0.490 e. The highest BCUT2D eigenvalue weighted by atomic mass is 79.9. The first kappa shape index (κ1) is 12.1. The quantitative estimate of drug-likeness (QED) is 0.862. The van der Waals surface area contributed by atoms with Gasteiger partial charge in [0.1, 0.15) is 0 Å². The number of hydrogen-bond acceptors (Lipinski definition) is 3. The second-order valence-corrected chi connectivity index (χ2v) is 4.51. The Kier molecular flexibility index (Phi) is 4.17. The molecule has 0 bridgehead atoms. The van der Waals surface area contributed by atoms with E-state index >= 15 is 0 Å². The van der Waals surface area contributed by atoms with Gasteiger partial charge in [0, 0.05) is 4.47 Å². The molecule has 0 aliphatic heterocycles. The van der Waals surface area contributed by atoms with Crippen LogP contribution in [0.2, 0.25) is 0 Å². The van der Waals surface area contributed by atoms with Crippen molar-refractivity contribution < 1.29 is 4.74 Å². The Labute approximate surface area is 109 Å². The van der Waals surface area contributed by atoms with Gasteiger partial charge in [0.05, 0.1) is 24.7 Å². The fourth-order valence-corrected chi connectivity index (χ4v) is 1.80. The van der Waals surface area contributed by atoms with Crippen molar-refractivity contribution in [1.82, 2.24) is 9.78 Å². The van der Waals surface area contributed by atoms with Crippen LogP contribution >= 0.6 is 15.9 Å². The minimum atomic E-state index is 0.626. The van der Waals surface area contributed by atoms with E-state index in [2.05, 4.69) is 21.0 Å². The third kappa shape index (κ3) is 3.31. The molecule has 5 heteroatoms. The van der Waals surface area contributed by atoms with Gasteiger partial charge in [-0.1, -0.05) is 22.0 Å². The maximum Gasteiger partial charge on any atom is 0.157 e. The van der Waals surface area contributed by atoms with Crippen LogP contribution in [0.5, 0.6) is 5.75 Å². The van der Waals surface area contributed by atoms with E-state index in [4.69, 9.17) is 10.5 Å². The second-order valence-electron chi connectivity index (χ2n) is 3.59. The van der Waals surface area contributed by atoms with E-state index in [9.17, 15) is 0 Å². The molecule has 0 aliphatic rings. The second kappa shape index (κ2) is 5.84. The maximum atomic E-state index is 5.50. The zero-order chi connectivity index (χ0) is 12.1. The Hall–Kier alpha value is -1.33. The van der Waals surface area contributed by atoms with Crippen molar-refractivity contribution in [3.05, 3.63) is 41.1 Å². The molecule has 2 rings (SSSR count). The molecular formula is C12H14BrN3O. The Bertz CT molecular complexity index is 484. The molecule has 1 heterocycles. The van der Waals surface area contributed by atoms with Crippen LogP contribution < -0.4 is 10.5 Å². The molecule has 0 amide bonds. The van der Waals surface area contributed by atoms with Crippen LogP contribution in [-0.4, -0.2) is 22.9 Å². The average molecular weight is 296 g/mol. The molecule has 0 fully saturated rings. The molecule has 0 unspecified atom stereocenters. The molecule has 0 saturated heterocycles. The monoisotopic (exact) mass is 295 g/mol. The van der Waals surface area contributed by atoms with Gasteiger partial charge in [0.15, 0.2) is 5.75 Å². The third-order valence-corrected chi connectivity index (χ3v) is 2.74. The van der Waals surface area contributed by atoms with Crippen LogP contribution in [0.15, 0.2) is 41.1 Å². The summed E-state index contributed by atoms with van der Waals surface area (Å²) in [6.07, 6.45) is 4.41. The van der Waals surface area contributed by atoms with Crippen molar-refractivity contribution in [3.8, 4) is 11.4 Å². The molecule has 1 aromatic heterocycles. The topological polar surface area (TPSA) is 53.1 Å². The van der Waals surface area contributed by atoms with Crippen LogP contribution in [0, 0.1) is 0 Å². The van der Waals surface area contributed by atoms with Gasteiger partial charge in [-0.2, -0.15) is 5.10 Å². The lowest BCUT2D eigenvalue weighted by atomic mass is 10.3. The van der Waals surface area contributed by atoms with Gasteiger partial charge in [-0.25, -0.2) is 4.68 Å². The van der Waals surface area contributed by atoms with Gasteiger partial charge < -0.3 is 10.5 Å². The fraction of sp³-hybridized carbons (Fsp3) is 0.250. The van der Waals surface area contributed by atoms with Crippen LogP contribution in [0.3, 0.4) is 0 Å².